The number of anilines is 1. The highest BCUT2D eigenvalue weighted by molar-refractivity contribution is 6.05. The molecule has 0 aliphatic rings. The average molecular weight is 389 g/mol. The van der Waals surface area contributed by atoms with Gasteiger partial charge in [0.1, 0.15) is 5.56 Å². The number of benzene rings is 2. The van der Waals surface area contributed by atoms with E-state index in [1.165, 1.54) is 0 Å². The number of hydrogen-bond acceptors (Lipinski definition) is 2. The van der Waals surface area contributed by atoms with E-state index < -0.39 is 0 Å². The summed E-state index contributed by atoms with van der Waals surface area (Å²) < 4.78 is 2.15. The molecule has 1 N–H and O–H groups in total. The van der Waals surface area contributed by atoms with E-state index in [0.29, 0.717) is 13.0 Å². The summed E-state index contributed by atoms with van der Waals surface area (Å²) in [4.78, 5) is 26.1. The molecular weight excluding hydrogens is 360 g/mol. The number of nitrogens with zero attached hydrogens (tertiary/aromatic N) is 1. The van der Waals surface area contributed by atoms with E-state index in [-0.39, 0.29) is 16.9 Å². The number of rotatable bonds is 7. The van der Waals surface area contributed by atoms with Crippen molar-refractivity contribution in [3.8, 4) is 0 Å². The van der Waals surface area contributed by atoms with Gasteiger partial charge in [-0.25, -0.2) is 0 Å². The number of nitrogens with one attached hydrogen (secondary N) is 1. The Morgan fingerprint density at radius 3 is 2.34 bits per heavy atom. The van der Waals surface area contributed by atoms with Crippen LogP contribution in [0.25, 0.3) is 0 Å². The van der Waals surface area contributed by atoms with Gasteiger partial charge in [-0.3, -0.25) is 9.59 Å². The normalized spacial score (nSPS) is 10.7. The van der Waals surface area contributed by atoms with Crippen LogP contribution in [0.15, 0.2) is 65.5 Å². The van der Waals surface area contributed by atoms with E-state index in [9.17, 15) is 9.59 Å². The summed E-state index contributed by atoms with van der Waals surface area (Å²) in [6, 6.07) is 19.4. The number of aromatic nitrogens is 1. The third-order valence-corrected chi connectivity index (χ3v) is 5.16. The quantitative estimate of drug-likeness (QED) is 0.621. The van der Waals surface area contributed by atoms with Gasteiger partial charge in [0.25, 0.3) is 5.91 Å². The van der Waals surface area contributed by atoms with Gasteiger partial charge in [0.2, 0.25) is 0 Å². The van der Waals surface area contributed by atoms with Crippen LogP contribution < -0.4 is 10.7 Å². The molecule has 3 rings (SSSR count). The fourth-order valence-corrected chi connectivity index (χ4v) is 3.65. The van der Waals surface area contributed by atoms with Gasteiger partial charge in [-0.1, -0.05) is 68.8 Å². The zero-order chi connectivity index (χ0) is 20.8. The highest BCUT2D eigenvalue weighted by Crippen LogP contribution is 2.19. The molecule has 0 aliphatic heterocycles. The van der Waals surface area contributed by atoms with Gasteiger partial charge in [-0.15, -0.1) is 0 Å². The Balaban J connectivity index is 2.10. The molecule has 0 aliphatic carbocycles. The van der Waals surface area contributed by atoms with Crippen LogP contribution in [0.2, 0.25) is 0 Å². The molecule has 29 heavy (non-hydrogen) atoms. The highest BCUT2D eigenvalue weighted by Gasteiger charge is 2.21. The summed E-state index contributed by atoms with van der Waals surface area (Å²) in [6.45, 7) is 6.69. The van der Waals surface area contributed by atoms with Crippen molar-refractivity contribution in [2.24, 2.45) is 0 Å². The summed E-state index contributed by atoms with van der Waals surface area (Å²) in [5.74, 6) is -0.336. The van der Waals surface area contributed by atoms with Crippen LogP contribution in [0, 0.1) is 6.92 Å². The Bertz CT molecular complexity index is 1050. The Hall–Kier alpha value is -3.14. The van der Waals surface area contributed by atoms with Crippen molar-refractivity contribution < 1.29 is 4.79 Å². The average Bonchev–Trinajstić information content (AvgIpc) is 2.72. The largest absolute Gasteiger partial charge is 0.343 e. The number of carbonyl (C=O) groups excluding carboxylic acids is 1. The van der Waals surface area contributed by atoms with Crippen molar-refractivity contribution in [2.45, 2.75) is 46.6 Å². The second-order valence-electron chi connectivity index (χ2n) is 7.27. The number of pyridine rings is 1. The van der Waals surface area contributed by atoms with Gasteiger partial charge in [0.05, 0.1) is 0 Å². The monoisotopic (exact) mass is 388 g/mol. The van der Waals surface area contributed by atoms with E-state index in [0.717, 1.165) is 41.0 Å². The lowest BCUT2D eigenvalue weighted by Gasteiger charge is -2.21. The van der Waals surface area contributed by atoms with Crippen LogP contribution in [-0.4, -0.2) is 10.5 Å². The Labute approximate surface area is 172 Å². The first-order valence-electron chi connectivity index (χ1n) is 10.2. The summed E-state index contributed by atoms with van der Waals surface area (Å²) in [5, 5.41) is 2.94. The minimum absolute atomic E-state index is 0.208. The van der Waals surface area contributed by atoms with E-state index in [2.05, 4.69) is 28.9 Å². The van der Waals surface area contributed by atoms with Gasteiger partial charge in [0, 0.05) is 29.7 Å². The smallest absolute Gasteiger partial charge is 0.261 e. The molecule has 3 aromatic rings. The predicted molar refractivity (Wildman–Crippen MR) is 119 cm³/mol. The van der Waals surface area contributed by atoms with Crippen molar-refractivity contribution in [2.75, 3.05) is 5.32 Å². The van der Waals surface area contributed by atoms with Crippen LogP contribution in [-0.2, 0) is 19.4 Å². The van der Waals surface area contributed by atoms with Crippen molar-refractivity contribution in [1.82, 2.24) is 4.57 Å². The van der Waals surface area contributed by atoms with Gasteiger partial charge in [0.15, 0.2) is 5.43 Å². The maximum atomic E-state index is 13.2. The summed E-state index contributed by atoms with van der Waals surface area (Å²) in [7, 11) is 0. The number of hydrogen-bond donors (Lipinski definition) is 1. The minimum Gasteiger partial charge on any atom is -0.343 e. The predicted octanol–water partition coefficient (Wildman–Crippen LogP) is 4.97. The molecule has 0 bridgehead atoms. The third kappa shape index (κ3) is 4.65. The van der Waals surface area contributed by atoms with E-state index in [1.807, 2.05) is 56.3 Å². The fraction of sp³-hybridized carbons (Fsp3) is 0.280. The number of amides is 1. The van der Waals surface area contributed by atoms with E-state index in [4.69, 9.17) is 0 Å². The second kappa shape index (κ2) is 9.37. The molecule has 0 unspecified atom stereocenters. The first-order valence-corrected chi connectivity index (χ1v) is 10.2. The lowest BCUT2D eigenvalue weighted by atomic mass is 10.0. The zero-order valence-corrected chi connectivity index (χ0v) is 17.4. The molecule has 0 spiro atoms. The third-order valence-electron chi connectivity index (χ3n) is 5.16. The SMILES string of the molecule is CCCc1c(C(=O)Nc2ccccc2C)c(=O)cc(CC)n1Cc1ccccc1. The lowest BCUT2D eigenvalue weighted by Crippen LogP contribution is -2.29. The molecule has 1 heterocycles. The molecule has 1 amide bonds. The Morgan fingerprint density at radius 1 is 1.00 bits per heavy atom. The second-order valence-corrected chi connectivity index (χ2v) is 7.27. The number of para-hydroxylation sites is 1. The highest BCUT2D eigenvalue weighted by atomic mass is 16.2. The molecule has 0 saturated heterocycles. The van der Waals surface area contributed by atoms with Crippen LogP contribution in [0.3, 0.4) is 0 Å². The van der Waals surface area contributed by atoms with E-state index >= 15 is 0 Å². The summed E-state index contributed by atoms with van der Waals surface area (Å²) in [5.41, 5.74) is 4.65. The Kier molecular flexibility index (Phi) is 6.65. The molecule has 0 fully saturated rings. The van der Waals surface area contributed by atoms with Gasteiger partial charge in [-0.05, 0) is 37.0 Å². The molecule has 0 saturated carbocycles. The zero-order valence-electron chi connectivity index (χ0n) is 17.4. The summed E-state index contributed by atoms with van der Waals surface area (Å²) >= 11 is 0. The van der Waals surface area contributed by atoms with Crippen LogP contribution >= 0.6 is 0 Å². The molecule has 4 nitrogen and oxygen atoms in total. The number of carbonyl (C=O) groups is 1. The van der Waals surface area contributed by atoms with Crippen LogP contribution in [0.5, 0.6) is 0 Å². The van der Waals surface area contributed by atoms with Crippen LogP contribution in [0.4, 0.5) is 5.69 Å². The molecule has 0 radical (unpaired) electrons. The van der Waals surface area contributed by atoms with Gasteiger partial charge < -0.3 is 9.88 Å². The molecular formula is C25H28N2O2. The minimum atomic E-state index is -0.336. The van der Waals surface area contributed by atoms with Gasteiger partial charge in [-0.2, -0.15) is 0 Å². The van der Waals surface area contributed by atoms with Crippen molar-refractivity contribution in [1.29, 1.82) is 0 Å². The lowest BCUT2D eigenvalue weighted by molar-refractivity contribution is 0.102. The standard InChI is InChI=1S/C25H28N2O2/c1-4-11-22-24(25(29)26-21-15-10-9-12-18(21)3)23(28)16-20(5-2)27(22)17-19-13-7-6-8-14-19/h6-10,12-16H,4-5,11,17H2,1-3H3,(H,26,29). The Morgan fingerprint density at radius 2 is 1.69 bits per heavy atom. The van der Waals surface area contributed by atoms with Crippen LogP contribution in [0.1, 0.15) is 53.1 Å². The maximum Gasteiger partial charge on any atom is 0.261 e. The summed E-state index contributed by atoms with van der Waals surface area (Å²) in [6.07, 6.45) is 2.26. The van der Waals surface area contributed by atoms with Crippen molar-refractivity contribution >= 4 is 11.6 Å². The first-order chi connectivity index (χ1) is 14.0. The van der Waals surface area contributed by atoms with Crippen molar-refractivity contribution in [3.05, 3.63) is 99.0 Å². The maximum absolute atomic E-state index is 13.2. The number of aryl methyl sites for hydroxylation is 2. The molecule has 4 heteroatoms. The first kappa shape index (κ1) is 20.6. The van der Waals surface area contributed by atoms with E-state index in [1.54, 1.807) is 6.07 Å². The molecule has 1 aromatic heterocycles. The van der Waals surface area contributed by atoms with Crippen molar-refractivity contribution in [3.63, 3.8) is 0 Å². The van der Waals surface area contributed by atoms with Gasteiger partial charge >= 0.3 is 0 Å². The fourth-order valence-electron chi connectivity index (χ4n) is 3.65. The molecule has 2 aromatic carbocycles. The topological polar surface area (TPSA) is 51.1 Å². The molecule has 0 atom stereocenters. The molecule has 150 valence electrons.